The standard InChI is InChI=1S/C18H18FNO3S/c1-10-9-15(24-16(10)12-3-5-13(19)6-4-12)17(21)20-8-7-14(11(20)2)18(22)23/h3-6,9,11,14H,7-8H2,1-2H3,(H,22,23). The molecule has 2 unspecified atom stereocenters. The third-order valence-corrected chi connectivity index (χ3v) is 5.84. The molecule has 6 heteroatoms. The maximum atomic E-state index is 13.1. The smallest absolute Gasteiger partial charge is 0.308 e. The van der Waals surface area contributed by atoms with E-state index in [0.29, 0.717) is 17.8 Å². The number of amides is 1. The van der Waals surface area contributed by atoms with Crippen LogP contribution in [0.2, 0.25) is 0 Å². The highest BCUT2D eigenvalue weighted by molar-refractivity contribution is 7.17. The lowest BCUT2D eigenvalue weighted by Gasteiger charge is -2.22. The monoisotopic (exact) mass is 347 g/mol. The number of likely N-dealkylation sites (tertiary alicyclic amines) is 1. The zero-order chi connectivity index (χ0) is 17.4. The summed E-state index contributed by atoms with van der Waals surface area (Å²) in [5.41, 5.74) is 1.83. The fourth-order valence-electron chi connectivity index (χ4n) is 3.17. The summed E-state index contributed by atoms with van der Waals surface area (Å²) >= 11 is 1.36. The van der Waals surface area contributed by atoms with Crippen LogP contribution in [0, 0.1) is 18.7 Å². The molecule has 1 N–H and O–H groups in total. The van der Waals surface area contributed by atoms with Crippen molar-refractivity contribution in [1.29, 1.82) is 0 Å². The van der Waals surface area contributed by atoms with Crippen molar-refractivity contribution in [1.82, 2.24) is 4.90 Å². The molecule has 1 aliphatic rings. The van der Waals surface area contributed by atoms with Crippen LogP contribution in [-0.4, -0.2) is 34.5 Å². The second kappa shape index (κ2) is 6.36. The molecule has 1 aliphatic heterocycles. The molecule has 0 saturated carbocycles. The van der Waals surface area contributed by atoms with Crippen molar-refractivity contribution in [3.05, 3.63) is 46.6 Å². The summed E-state index contributed by atoms with van der Waals surface area (Å²) in [6, 6.07) is 7.70. The van der Waals surface area contributed by atoms with Crippen LogP contribution >= 0.6 is 11.3 Å². The number of carbonyl (C=O) groups is 2. The lowest BCUT2D eigenvalue weighted by Crippen LogP contribution is -2.37. The number of nitrogens with zero attached hydrogens (tertiary/aromatic N) is 1. The second-order valence-electron chi connectivity index (χ2n) is 6.10. The van der Waals surface area contributed by atoms with Crippen molar-refractivity contribution in [3.63, 3.8) is 0 Å². The van der Waals surface area contributed by atoms with Crippen LogP contribution in [0.1, 0.15) is 28.6 Å². The normalized spacial score (nSPS) is 20.4. The van der Waals surface area contributed by atoms with E-state index in [9.17, 15) is 19.1 Å². The van der Waals surface area contributed by atoms with Gasteiger partial charge in [0.1, 0.15) is 5.82 Å². The third-order valence-electron chi connectivity index (χ3n) is 4.57. The van der Waals surface area contributed by atoms with Gasteiger partial charge in [-0.1, -0.05) is 12.1 Å². The molecule has 0 aliphatic carbocycles. The molecule has 0 spiro atoms. The van der Waals surface area contributed by atoms with Crippen LogP contribution in [0.3, 0.4) is 0 Å². The lowest BCUT2D eigenvalue weighted by atomic mass is 10.0. The molecule has 2 heterocycles. The Bertz CT molecular complexity index is 784. The molecule has 2 atom stereocenters. The van der Waals surface area contributed by atoms with Gasteiger partial charge in [-0.25, -0.2) is 4.39 Å². The first-order chi connectivity index (χ1) is 11.4. The fraction of sp³-hybridized carbons (Fsp3) is 0.333. The minimum atomic E-state index is -0.854. The summed E-state index contributed by atoms with van der Waals surface area (Å²) in [6.45, 7) is 4.16. The Morgan fingerprint density at radius 2 is 1.96 bits per heavy atom. The van der Waals surface area contributed by atoms with Gasteiger partial charge in [0.2, 0.25) is 0 Å². The first kappa shape index (κ1) is 16.6. The van der Waals surface area contributed by atoms with E-state index < -0.39 is 11.9 Å². The van der Waals surface area contributed by atoms with Gasteiger partial charge in [-0.2, -0.15) is 0 Å². The van der Waals surface area contributed by atoms with E-state index >= 15 is 0 Å². The van der Waals surface area contributed by atoms with E-state index in [1.165, 1.54) is 23.5 Å². The SMILES string of the molecule is Cc1cc(C(=O)N2CCC(C(=O)O)C2C)sc1-c1ccc(F)cc1. The quantitative estimate of drug-likeness (QED) is 0.919. The molecule has 126 valence electrons. The van der Waals surface area contributed by atoms with Crippen LogP contribution in [0.5, 0.6) is 0 Å². The summed E-state index contributed by atoms with van der Waals surface area (Å²) in [5.74, 6) is -1.79. The van der Waals surface area contributed by atoms with Gasteiger partial charge in [-0.05, 0) is 49.6 Å². The number of hydrogen-bond acceptors (Lipinski definition) is 3. The van der Waals surface area contributed by atoms with E-state index in [2.05, 4.69) is 0 Å². The maximum absolute atomic E-state index is 13.1. The van der Waals surface area contributed by atoms with Gasteiger partial charge in [0, 0.05) is 17.5 Å². The molecule has 1 amide bonds. The third kappa shape index (κ3) is 2.94. The van der Waals surface area contributed by atoms with Gasteiger partial charge in [0.25, 0.3) is 5.91 Å². The average molecular weight is 347 g/mol. The van der Waals surface area contributed by atoms with Gasteiger partial charge >= 0.3 is 5.97 Å². The fourth-order valence-corrected chi connectivity index (χ4v) is 4.31. The number of thiophene rings is 1. The summed E-state index contributed by atoms with van der Waals surface area (Å²) in [6.07, 6.45) is 0.484. The van der Waals surface area contributed by atoms with Crippen molar-refractivity contribution in [3.8, 4) is 10.4 Å². The van der Waals surface area contributed by atoms with Crippen molar-refractivity contribution in [2.24, 2.45) is 5.92 Å². The zero-order valence-electron chi connectivity index (χ0n) is 13.5. The predicted molar refractivity (Wildman–Crippen MR) is 90.7 cm³/mol. The number of rotatable bonds is 3. The number of carboxylic acid groups (broad SMARTS) is 1. The summed E-state index contributed by atoms with van der Waals surface area (Å²) in [4.78, 5) is 27.1. The Morgan fingerprint density at radius 1 is 1.29 bits per heavy atom. The van der Waals surface area contributed by atoms with Crippen molar-refractivity contribution in [2.75, 3.05) is 6.54 Å². The topological polar surface area (TPSA) is 57.6 Å². The highest BCUT2D eigenvalue weighted by atomic mass is 32.1. The highest BCUT2D eigenvalue weighted by Gasteiger charge is 2.38. The van der Waals surface area contributed by atoms with E-state index in [0.717, 1.165) is 16.0 Å². The number of carboxylic acids is 1. The molecule has 1 fully saturated rings. The molecule has 0 bridgehead atoms. The van der Waals surface area contributed by atoms with Crippen LogP contribution < -0.4 is 0 Å². The van der Waals surface area contributed by atoms with Gasteiger partial charge < -0.3 is 10.0 Å². The van der Waals surface area contributed by atoms with Crippen LogP contribution in [0.4, 0.5) is 4.39 Å². The van der Waals surface area contributed by atoms with E-state index in [4.69, 9.17) is 0 Å². The Kier molecular flexibility index (Phi) is 4.41. The molecule has 0 radical (unpaired) electrons. The number of carbonyl (C=O) groups excluding carboxylic acids is 1. The maximum Gasteiger partial charge on any atom is 0.308 e. The molecular weight excluding hydrogens is 329 g/mol. The molecule has 3 rings (SSSR count). The molecule has 1 aromatic carbocycles. The van der Waals surface area contributed by atoms with E-state index in [-0.39, 0.29) is 17.8 Å². The molecular formula is C18H18FNO3S. The zero-order valence-corrected chi connectivity index (χ0v) is 14.3. The van der Waals surface area contributed by atoms with Crippen molar-refractivity contribution in [2.45, 2.75) is 26.3 Å². The number of aliphatic carboxylic acids is 1. The number of benzene rings is 1. The Labute approximate surface area is 143 Å². The Hall–Kier alpha value is -2.21. The van der Waals surface area contributed by atoms with Gasteiger partial charge in [-0.15, -0.1) is 11.3 Å². The Morgan fingerprint density at radius 3 is 2.54 bits per heavy atom. The van der Waals surface area contributed by atoms with Crippen LogP contribution in [0.25, 0.3) is 10.4 Å². The largest absolute Gasteiger partial charge is 0.481 e. The first-order valence-corrected chi connectivity index (χ1v) is 8.60. The van der Waals surface area contributed by atoms with Crippen molar-refractivity contribution >= 4 is 23.2 Å². The Balaban J connectivity index is 1.86. The van der Waals surface area contributed by atoms with E-state index in [1.54, 1.807) is 24.0 Å². The van der Waals surface area contributed by atoms with Crippen LogP contribution in [0.15, 0.2) is 30.3 Å². The molecule has 1 aromatic heterocycles. The van der Waals surface area contributed by atoms with Gasteiger partial charge in [-0.3, -0.25) is 9.59 Å². The second-order valence-corrected chi connectivity index (χ2v) is 7.15. The highest BCUT2D eigenvalue weighted by Crippen LogP contribution is 2.35. The summed E-state index contributed by atoms with van der Waals surface area (Å²) in [7, 11) is 0. The number of aryl methyl sites for hydroxylation is 1. The summed E-state index contributed by atoms with van der Waals surface area (Å²) in [5, 5.41) is 9.21. The lowest BCUT2D eigenvalue weighted by molar-refractivity contribution is -0.142. The number of hydrogen-bond donors (Lipinski definition) is 1. The minimum absolute atomic E-state index is 0.132. The van der Waals surface area contributed by atoms with Gasteiger partial charge in [0.05, 0.1) is 10.8 Å². The molecule has 1 saturated heterocycles. The summed E-state index contributed by atoms with van der Waals surface area (Å²) < 4.78 is 13.1. The number of halogens is 1. The van der Waals surface area contributed by atoms with Crippen molar-refractivity contribution < 1.29 is 19.1 Å². The first-order valence-electron chi connectivity index (χ1n) is 7.78. The van der Waals surface area contributed by atoms with E-state index in [1.807, 2.05) is 13.0 Å². The average Bonchev–Trinajstić information content (AvgIpc) is 3.11. The minimum Gasteiger partial charge on any atom is -0.481 e. The molecule has 2 aromatic rings. The molecule has 24 heavy (non-hydrogen) atoms. The van der Waals surface area contributed by atoms with Crippen LogP contribution in [-0.2, 0) is 4.79 Å². The van der Waals surface area contributed by atoms with Gasteiger partial charge in [0.15, 0.2) is 0 Å². The molecule has 4 nitrogen and oxygen atoms in total. The predicted octanol–water partition coefficient (Wildman–Crippen LogP) is 3.80.